The fourth-order valence-electron chi connectivity index (χ4n) is 6.30. The molecule has 0 amide bonds. The lowest BCUT2D eigenvalue weighted by atomic mass is 9.82. The molecule has 0 atom stereocenters. The summed E-state index contributed by atoms with van der Waals surface area (Å²) in [6.07, 6.45) is 4.45. The Morgan fingerprint density at radius 2 is 1.65 bits per heavy atom. The van der Waals surface area contributed by atoms with E-state index >= 15 is 0 Å². The van der Waals surface area contributed by atoms with Crippen molar-refractivity contribution in [2.45, 2.75) is 71.1 Å². The molecule has 0 saturated carbocycles. The topological polar surface area (TPSA) is 3.88 Å². The van der Waals surface area contributed by atoms with E-state index in [2.05, 4.69) is 115 Å². The number of benzene rings is 4. The van der Waals surface area contributed by atoms with Gasteiger partial charge < -0.3 is 0 Å². The minimum Gasteiger partial charge on any atom is -0.200 e. The molecular formula is C35H38NS+. The summed E-state index contributed by atoms with van der Waals surface area (Å²) in [5, 5.41) is 8.34. The third kappa shape index (κ3) is 4.05. The Balaban J connectivity index is 1.75. The molecule has 5 aromatic rings. The zero-order chi connectivity index (χ0) is 26.2. The first-order valence-corrected chi connectivity index (χ1v) is 14.5. The molecule has 0 aliphatic carbocycles. The van der Waals surface area contributed by atoms with Gasteiger partial charge in [-0.2, -0.15) is 0 Å². The van der Waals surface area contributed by atoms with Crippen LogP contribution in [-0.2, 0) is 19.9 Å². The average molecular weight is 505 g/mol. The minimum absolute atomic E-state index is 0.200. The van der Waals surface area contributed by atoms with Gasteiger partial charge in [-0.05, 0) is 82.3 Å². The molecule has 4 aromatic carbocycles. The fraction of sp³-hybridized carbons (Fsp3) is 0.343. The summed E-state index contributed by atoms with van der Waals surface area (Å²) in [6.45, 7) is 16.3. The third-order valence-electron chi connectivity index (χ3n) is 7.84. The summed E-state index contributed by atoms with van der Waals surface area (Å²) in [5.41, 5.74) is 8.67. The maximum absolute atomic E-state index is 2.45. The van der Waals surface area contributed by atoms with E-state index in [1.807, 2.05) is 11.8 Å². The predicted octanol–water partition coefficient (Wildman–Crippen LogP) is 9.51. The molecule has 0 saturated heterocycles. The molecule has 37 heavy (non-hydrogen) atoms. The number of aryl methyl sites for hydroxylation is 3. The highest BCUT2D eigenvalue weighted by molar-refractivity contribution is 8.00. The van der Waals surface area contributed by atoms with Gasteiger partial charge in [0.1, 0.15) is 7.05 Å². The van der Waals surface area contributed by atoms with E-state index in [0.29, 0.717) is 5.92 Å². The quantitative estimate of drug-likeness (QED) is 0.171. The molecule has 1 aliphatic rings. The summed E-state index contributed by atoms with van der Waals surface area (Å²) in [7, 11) is 2.22. The third-order valence-corrected chi connectivity index (χ3v) is 9.04. The number of pyridine rings is 1. The first-order chi connectivity index (χ1) is 17.5. The van der Waals surface area contributed by atoms with Crippen molar-refractivity contribution in [3.8, 4) is 11.3 Å². The molecule has 1 aromatic heterocycles. The average Bonchev–Trinajstić information content (AvgIpc) is 2.82. The largest absolute Gasteiger partial charge is 0.222 e. The molecule has 0 fully saturated rings. The van der Waals surface area contributed by atoms with Gasteiger partial charge in [-0.15, -0.1) is 0 Å². The zero-order valence-electron chi connectivity index (χ0n) is 23.5. The maximum Gasteiger partial charge on any atom is 0.222 e. The van der Waals surface area contributed by atoms with Crippen LogP contribution in [0.4, 0.5) is 0 Å². The van der Waals surface area contributed by atoms with Crippen molar-refractivity contribution in [2.75, 3.05) is 0 Å². The van der Waals surface area contributed by atoms with Crippen molar-refractivity contribution < 1.29 is 4.57 Å². The van der Waals surface area contributed by atoms with Gasteiger partial charge in [0.05, 0.1) is 10.9 Å². The van der Waals surface area contributed by atoms with Crippen LogP contribution < -0.4 is 4.57 Å². The van der Waals surface area contributed by atoms with E-state index in [9.17, 15) is 0 Å². The van der Waals surface area contributed by atoms with Crippen LogP contribution in [0, 0.1) is 25.2 Å². The summed E-state index contributed by atoms with van der Waals surface area (Å²) in [6, 6.07) is 19.0. The van der Waals surface area contributed by atoms with E-state index in [4.69, 9.17) is 0 Å². The molecule has 0 N–H and O–H groups in total. The lowest BCUT2D eigenvalue weighted by molar-refractivity contribution is -0.659. The molecule has 0 radical (unpaired) electrons. The highest BCUT2D eigenvalue weighted by Crippen LogP contribution is 2.53. The molecule has 2 heteroatoms. The lowest BCUT2D eigenvalue weighted by Crippen LogP contribution is -2.32. The van der Waals surface area contributed by atoms with E-state index in [1.54, 1.807) is 0 Å². The Kier molecular flexibility index (Phi) is 5.69. The van der Waals surface area contributed by atoms with Crippen LogP contribution in [0.2, 0.25) is 0 Å². The van der Waals surface area contributed by atoms with Crippen molar-refractivity contribution in [2.24, 2.45) is 18.4 Å². The normalized spacial score (nSPS) is 13.2. The van der Waals surface area contributed by atoms with Gasteiger partial charge in [-0.25, -0.2) is 4.57 Å². The number of rotatable bonds is 3. The summed E-state index contributed by atoms with van der Waals surface area (Å²) >= 11 is 2.00. The van der Waals surface area contributed by atoms with Crippen LogP contribution in [0.1, 0.15) is 56.9 Å². The summed E-state index contributed by atoms with van der Waals surface area (Å²) < 4.78 is 2.36. The van der Waals surface area contributed by atoms with Gasteiger partial charge in [0.2, 0.25) is 5.69 Å². The minimum atomic E-state index is 0.200. The number of hydrogen-bond donors (Lipinski definition) is 0. The van der Waals surface area contributed by atoms with Gasteiger partial charge in [-0.3, -0.25) is 0 Å². The standard InChI is InChI=1S/C35H38NS/c1-20(2)15-23-10-11-24-18-30-32-26(28(24)17-23)13-14-36(8)33(32)31-22(4)27-16-21(3)9-12-25(27)29(34(31)37-30)19-35(5,6)7/h9-14,16-18,20H,15,19H2,1-8H3/q+1. The van der Waals surface area contributed by atoms with Gasteiger partial charge in [0.15, 0.2) is 6.20 Å². The smallest absolute Gasteiger partial charge is 0.200 e. The van der Waals surface area contributed by atoms with E-state index < -0.39 is 0 Å². The monoisotopic (exact) mass is 504 g/mol. The SMILES string of the molecule is Cc1ccc2c(CC(C)(C)C)c3c(c(C)c2c1)-c1c2c(cc4ccc(CC(C)C)cc4c2cc[n+]1C)S3. The van der Waals surface area contributed by atoms with Crippen LogP contribution in [0.3, 0.4) is 0 Å². The van der Waals surface area contributed by atoms with Gasteiger partial charge >= 0.3 is 0 Å². The van der Waals surface area contributed by atoms with Gasteiger partial charge in [0, 0.05) is 21.2 Å². The number of hydrogen-bond acceptors (Lipinski definition) is 1. The van der Waals surface area contributed by atoms with Crippen molar-refractivity contribution in [3.05, 3.63) is 77.0 Å². The second kappa shape index (κ2) is 8.60. The second-order valence-corrected chi connectivity index (χ2v) is 13.8. The van der Waals surface area contributed by atoms with Crippen molar-refractivity contribution in [1.29, 1.82) is 0 Å². The van der Waals surface area contributed by atoms with Gasteiger partial charge in [0.25, 0.3) is 0 Å². The Labute approximate surface area is 225 Å². The Bertz CT molecular complexity index is 1730. The molecule has 0 bridgehead atoms. The highest BCUT2D eigenvalue weighted by Gasteiger charge is 2.33. The fourth-order valence-corrected chi connectivity index (χ4v) is 7.67. The van der Waals surface area contributed by atoms with Crippen LogP contribution in [0.25, 0.3) is 43.6 Å². The van der Waals surface area contributed by atoms with Crippen LogP contribution in [0.15, 0.2) is 64.5 Å². The van der Waals surface area contributed by atoms with Crippen LogP contribution >= 0.6 is 11.8 Å². The second-order valence-electron chi connectivity index (χ2n) is 12.8. The van der Waals surface area contributed by atoms with Crippen molar-refractivity contribution in [3.63, 3.8) is 0 Å². The molecule has 1 nitrogen and oxygen atoms in total. The van der Waals surface area contributed by atoms with Crippen molar-refractivity contribution >= 4 is 44.1 Å². The molecule has 0 spiro atoms. The summed E-state index contributed by atoms with van der Waals surface area (Å²) in [4.78, 5) is 2.84. The molecule has 0 unspecified atom stereocenters. The molecule has 1 aliphatic heterocycles. The van der Waals surface area contributed by atoms with Crippen LogP contribution in [-0.4, -0.2) is 0 Å². The lowest BCUT2D eigenvalue weighted by Gasteiger charge is -2.28. The van der Waals surface area contributed by atoms with Crippen LogP contribution in [0.5, 0.6) is 0 Å². The molecule has 6 rings (SSSR count). The zero-order valence-corrected chi connectivity index (χ0v) is 24.4. The molecule has 188 valence electrons. The number of nitrogens with zero attached hydrogens (tertiary/aromatic N) is 1. The van der Waals surface area contributed by atoms with Crippen molar-refractivity contribution in [1.82, 2.24) is 0 Å². The maximum atomic E-state index is 2.45. The highest BCUT2D eigenvalue weighted by atomic mass is 32.2. The first-order valence-electron chi connectivity index (χ1n) is 13.6. The van der Waals surface area contributed by atoms with E-state index in [1.165, 1.54) is 75.6 Å². The predicted molar refractivity (Wildman–Crippen MR) is 161 cm³/mol. The molecular weight excluding hydrogens is 466 g/mol. The Morgan fingerprint density at radius 3 is 2.38 bits per heavy atom. The first kappa shape index (κ1) is 24.5. The summed E-state index contributed by atoms with van der Waals surface area (Å²) in [5.74, 6) is 0.651. The molecule has 2 heterocycles. The van der Waals surface area contributed by atoms with E-state index in [0.717, 1.165) is 12.8 Å². The number of fused-ring (bicyclic) bond motifs is 5. The Hall–Kier alpha value is -2.84. The number of aromatic nitrogens is 1. The van der Waals surface area contributed by atoms with E-state index in [-0.39, 0.29) is 5.41 Å². The van der Waals surface area contributed by atoms with Gasteiger partial charge in [-0.1, -0.05) is 88.3 Å². The Morgan fingerprint density at radius 1 is 0.865 bits per heavy atom.